The summed E-state index contributed by atoms with van der Waals surface area (Å²) >= 11 is 0. The lowest BCUT2D eigenvalue weighted by Crippen LogP contribution is -2.56. The molecule has 1 aliphatic heterocycles. The number of sulfone groups is 1. The summed E-state index contributed by atoms with van der Waals surface area (Å²) in [5, 5.41) is 1.36. The van der Waals surface area contributed by atoms with Crippen molar-refractivity contribution in [3.8, 4) is 11.5 Å². The summed E-state index contributed by atoms with van der Waals surface area (Å²) in [7, 11) is 1.56. The molecule has 0 radical (unpaired) electrons. The van der Waals surface area contributed by atoms with Crippen LogP contribution in [-0.4, -0.2) is 71.0 Å². The van der Waals surface area contributed by atoms with Crippen molar-refractivity contribution in [1.82, 2.24) is 15.3 Å². The van der Waals surface area contributed by atoms with E-state index in [0.717, 1.165) is 12.1 Å². The van der Waals surface area contributed by atoms with Gasteiger partial charge in [0.25, 0.3) is 5.91 Å². The Bertz CT molecular complexity index is 1400. The Morgan fingerprint density at radius 2 is 1.72 bits per heavy atom. The normalized spacial score (nSPS) is 17.7. The van der Waals surface area contributed by atoms with E-state index in [2.05, 4.69) is 10.3 Å². The zero-order valence-corrected chi connectivity index (χ0v) is 23.1. The molecule has 9 nitrogen and oxygen atoms in total. The van der Waals surface area contributed by atoms with Crippen LogP contribution in [0.25, 0.3) is 0 Å². The Labute approximate surface area is 229 Å². The van der Waals surface area contributed by atoms with Crippen LogP contribution in [0.2, 0.25) is 0 Å². The summed E-state index contributed by atoms with van der Waals surface area (Å²) in [4.78, 5) is 27.6. The fourth-order valence-corrected chi connectivity index (χ4v) is 6.35. The van der Waals surface area contributed by atoms with Crippen molar-refractivity contribution in [1.29, 1.82) is 0 Å². The number of carbonyl (C=O) groups excluding carboxylic acids is 2. The van der Waals surface area contributed by atoms with Gasteiger partial charge in [-0.1, -0.05) is 36.4 Å². The Morgan fingerprint density at radius 3 is 2.36 bits per heavy atom. The highest BCUT2D eigenvalue weighted by Gasteiger charge is 2.37. The van der Waals surface area contributed by atoms with E-state index in [4.69, 9.17) is 9.47 Å². The third-order valence-electron chi connectivity index (χ3n) is 7.02. The van der Waals surface area contributed by atoms with Gasteiger partial charge in [-0.05, 0) is 67.5 Å². The van der Waals surface area contributed by atoms with Gasteiger partial charge < -0.3 is 14.4 Å². The number of ether oxygens (including phenoxy) is 2. The highest BCUT2D eigenvalue weighted by Crippen LogP contribution is 2.36. The van der Waals surface area contributed by atoms with Crippen molar-refractivity contribution in [3.63, 3.8) is 0 Å². The number of hydrazine groups is 1. The molecule has 1 N–H and O–H groups in total. The van der Waals surface area contributed by atoms with Crippen molar-refractivity contribution in [3.05, 3.63) is 89.5 Å². The first-order valence-electron chi connectivity index (χ1n) is 12.6. The predicted molar refractivity (Wildman–Crippen MR) is 147 cm³/mol. The van der Waals surface area contributed by atoms with Gasteiger partial charge in [-0.3, -0.25) is 15.0 Å². The lowest BCUT2D eigenvalue weighted by Gasteiger charge is -2.42. The number of nitrogens with zero attached hydrogens (tertiary/aromatic N) is 2. The number of benzene rings is 3. The number of rotatable bonds is 10. The average Bonchev–Trinajstić information content (AvgIpc) is 2.95. The van der Waals surface area contributed by atoms with E-state index in [0.29, 0.717) is 36.4 Å². The molecule has 206 valence electrons. The maximum Gasteiger partial charge on any atom is 0.272 e. The standard InChI is InChI=1S/C29H33N3O6S/c1-31-16-15-26(25(18-31)23-11-14-27(37-2)28(17-23)38-3)32(30-20-33)29(34)22-9-12-24(13-10-22)39(35,36)19-21-7-5-4-6-8-21/h4-14,17,20,25-26H,15-16,18-19H2,1-3H3,(H,30,33)/t25-,26-/m1/s1. The minimum absolute atomic E-state index is 0.125. The SMILES string of the molecule is COc1ccc([C@H]2CN(C)CC[C@H]2N(NC=O)C(=O)c2ccc(S(=O)(=O)Cc3ccccc3)cc2)cc1OC. The number of piperidine rings is 1. The molecule has 1 fully saturated rings. The van der Waals surface area contributed by atoms with Crippen molar-refractivity contribution in [2.45, 2.75) is 29.0 Å². The first-order chi connectivity index (χ1) is 18.8. The number of hydrogen-bond acceptors (Lipinski definition) is 7. The number of carbonyl (C=O) groups is 2. The van der Waals surface area contributed by atoms with E-state index in [-0.39, 0.29) is 28.2 Å². The average molecular weight is 552 g/mol. The van der Waals surface area contributed by atoms with E-state index in [9.17, 15) is 18.0 Å². The molecule has 2 amide bonds. The highest BCUT2D eigenvalue weighted by atomic mass is 32.2. The van der Waals surface area contributed by atoms with Gasteiger partial charge in [0, 0.05) is 18.0 Å². The van der Waals surface area contributed by atoms with Crippen molar-refractivity contribution in [2.75, 3.05) is 34.4 Å². The van der Waals surface area contributed by atoms with Crippen molar-refractivity contribution in [2.24, 2.45) is 0 Å². The molecule has 10 heteroatoms. The second-order valence-electron chi connectivity index (χ2n) is 9.53. The van der Waals surface area contributed by atoms with Gasteiger partial charge in [-0.25, -0.2) is 13.4 Å². The molecule has 0 bridgehead atoms. The first kappa shape index (κ1) is 28.1. The van der Waals surface area contributed by atoms with E-state index in [1.165, 1.54) is 29.3 Å². The van der Waals surface area contributed by atoms with Gasteiger partial charge in [0.1, 0.15) is 0 Å². The molecular weight excluding hydrogens is 518 g/mol. The zero-order valence-electron chi connectivity index (χ0n) is 22.2. The smallest absolute Gasteiger partial charge is 0.272 e. The molecular formula is C29H33N3O6S. The summed E-state index contributed by atoms with van der Waals surface area (Å²) in [5.74, 6) is 0.487. The predicted octanol–water partition coefficient (Wildman–Crippen LogP) is 3.27. The fraction of sp³-hybridized carbons (Fsp3) is 0.310. The molecule has 1 heterocycles. The van der Waals surface area contributed by atoms with Crippen LogP contribution >= 0.6 is 0 Å². The Morgan fingerprint density at radius 1 is 1.03 bits per heavy atom. The second kappa shape index (κ2) is 12.3. The number of methoxy groups -OCH3 is 2. The van der Waals surface area contributed by atoms with Crippen molar-refractivity contribution < 1.29 is 27.5 Å². The van der Waals surface area contributed by atoms with Crippen LogP contribution < -0.4 is 14.9 Å². The third-order valence-corrected chi connectivity index (χ3v) is 8.72. The van der Waals surface area contributed by atoms with Gasteiger partial charge in [0.05, 0.1) is 30.9 Å². The van der Waals surface area contributed by atoms with Crippen LogP contribution in [0.4, 0.5) is 0 Å². The van der Waals surface area contributed by atoms with Crippen molar-refractivity contribution >= 4 is 22.2 Å². The van der Waals surface area contributed by atoms with Crippen LogP contribution in [0.15, 0.2) is 77.7 Å². The topological polar surface area (TPSA) is 105 Å². The summed E-state index contributed by atoms with van der Waals surface area (Å²) < 4.78 is 36.7. The molecule has 0 spiro atoms. The quantitative estimate of drug-likeness (QED) is 0.305. The molecule has 1 aliphatic rings. The van der Waals surface area contributed by atoms with Gasteiger partial charge >= 0.3 is 0 Å². The first-order valence-corrected chi connectivity index (χ1v) is 14.2. The largest absolute Gasteiger partial charge is 0.493 e. The van der Waals surface area contributed by atoms with E-state index in [1.807, 2.05) is 31.3 Å². The minimum atomic E-state index is -3.59. The van der Waals surface area contributed by atoms with Gasteiger partial charge in [-0.2, -0.15) is 0 Å². The van der Waals surface area contributed by atoms with Gasteiger partial charge in [0.15, 0.2) is 21.3 Å². The monoisotopic (exact) mass is 551 g/mol. The molecule has 0 unspecified atom stereocenters. The molecule has 1 saturated heterocycles. The lowest BCUT2D eigenvalue weighted by molar-refractivity contribution is -0.114. The van der Waals surface area contributed by atoms with Crippen LogP contribution in [0.1, 0.15) is 33.8 Å². The van der Waals surface area contributed by atoms with Crippen LogP contribution in [-0.2, 0) is 20.4 Å². The molecule has 0 aromatic heterocycles. The molecule has 2 atom stereocenters. The molecule has 0 aliphatic carbocycles. The fourth-order valence-electron chi connectivity index (χ4n) is 5.01. The van der Waals surface area contributed by atoms with Crippen LogP contribution in [0.5, 0.6) is 11.5 Å². The van der Waals surface area contributed by atoms with E-state index in [1.54, 1.807) is 38.5 Å². The molecule has 3 aromatic carbocycles. The Balaban J connectivity index is 1.61. The highest BCUT2D eigenvalue weighted by molar-refractivity contribution is 7.90. The van der Waals surface area contributed by atoms with E-state index < -0.39 is 15.7 Å². The third kappa shape index (κ3) is 6.40. The summed E-state index contributed by atoms with van der Waals surface area (Å²) in [6.07, 6.45) is 1.10. The number of nitrogens with one attached hydrogen (secondary N) is 1. The maximum atomic E-state index is 13.7. The van der Waals surface area contributed by atoms with Crippen LogP contribution in [0.3, 0.4) is 0 Å². The van der Waals surface area contributed by atoms with Crippen LogP contribution in [0, 0.1) is 0 Å². The number of hydrogen-bond donors (Lipinski definition) is 1. The molecule has 0 saturated carbocycles. The molecule has 39 heavy (non-hydrogen) atoms. The Hall–Kier alpha value is -3.89. The number of likely N-dealkylation sites (N-methyl/N-ethyl adjacent to an activating group) is 1. The Kier molecular flexibility index (Phi) is 8.88. The number of likely N-dealkylation sites (tertiary alicyclic amines) is 1. The van der Waals surface area contributed by atoms with E-state index >= 15 is 0 Å². The second-order valence-corrected chi connectivity index (χ2v) is 11.5. The van der Waals surface area contributed by atoms with Gasteiger partial charge in [0.2, 0.25) is 6.41 Å². The minimum Gasteiger partial charge on any atom is -0.493 e. The zero-order chi connectivity index (χ0) is 28.0. The lowest BCUT2D eigenvalue weighted by atomic mass is 9.85. The summed E-state index contributed by atoms with van der Waals surface area (Å²) in [6.45, 7) is 1.39. The summed E-state index contributed by atoms with van der Waals surface area (Å²) in [6, 6.07) is 20.1. The summed E-state index contributed by atoms with van der Waals surface area (Å²) in [5.41, 5.74) is 4.50. The van der Waals surface area contributed by atoms with Gasteiger partial charge in [-0.15, -0.1) is 0 Å². The number of amides is 2. The molecule has 3 aromatic rings. The molecule has 4 rings (SSSR count). The maximum absolute atomic E-state index is 13.7.